The standard InChI is InChI=1S/C15H25ClN4O2S.HI/c1-15(2,3)23(21,22)10-9-19-14(17-4)18-8-7-12-5-6-13(16)20-11-12;/h5-6,11H,7-10H2,1-4H3,(H2,17,18,19);1H. The van der Waals surface area contributed by atoms with Crippen LogP contribution < -0.4 is 10.6 Å². The van der Waals surface area contributed by atoms with Crippen LogP contribution in [0.3, 0.4) is 0 Å². The van der Waals surface area contributed by atoms with Crippen LogP contribution in [0, 0.1) is 0 Å². The molecule has 0 saturated heterocycles. The number of hydrogen-bond acceptors (Lipinski definition) is 4. The van der Waals surface area contributed by atoms with Crippen LogP contribution >= 0.6 is 35.6 Å². The van der Waals surface area contributed by atoms with Crippen LogP contribution in [0.25, 0.3) is 0 Å². The second-order valence-electron chi connectivity index (χ2n) is 6.10. The van der Waals surface area contributed by atoms with Crippen LogP contribution in [-0.2, 0) is 16.3 Å². The van der Waals surface area contributed by atoms with Crippen LogP contribution in [-0.4, -0.2) is 50.0 Å². The first-order chi connectivity index (χ1) is 10.7. The molecule has 1 heterocycles. The van der Waals surface area contributed by atoms with Gasteiger partial charge in [0.15, 0.2) is 15.8 Å². The maximum absolute atomic E-state index is 12.0. The molecule has 1 rings (SSSR count). The van der Waals surface area contributed by atoms with Crippen molar-refractivity contribution in [3.8, 4) is 0 Å². The van der Waals surface area contributed by atoms with Crippen LogP contribution in [0.5, 0.6) is 0 Å². The van der Waals surface area contributed by atoms with Gasteiger partial charge in [-0.3, -0.25) is 4.99 Å². The van der Waals surface area contributed by atoms with E-state index in [1.54, 1.807) is 40.1 Å². The molecule has 0 unspecified atom stereocenters. The summed E-state index contributed by atoms with van der Waals surface area (Å²) in [4.78, 5) is 8.10. The number of hydrogen-bond donors (Lipinski definition) is 2. The van der Waals surface area contributed by atoms with Crippen molar-refractivity contribution in [3.05, 3.63) is 29.0 Å². The third-order valence-corrected chi connectivity index (χ3v) is 6.15. The molecular formula is C15H26ClIN4O2S. The second-order valence-corrected chi connectivity index (χ2v) is 9.35. The van der Waals surface area contributed by atoms with Gasteiger partial charge in [0, 0.05) is 26.3 Å². The van der Waals surface area contributed by atoms with Crippen molar-refractivity contribution in [1.82, 2.24) is 15.6 Å². The molecule has 24 heavy (non-hydrogen) atoms. The van der Waals surface area contributed by atoms with Gasteiger partial charge in [-0.2, -0.15) is 0 Å². The zero-order chi connectivity index (χ0) is 17.5. The summed E-state index contributed by atoms with van der Waals surface area (Å²) < 4.78 is 23.3. The first-order valence-electron chi connectivity index (χ1n) is 7.43. The fraction of sp³-hybridized carbons (Fsp3) is 0.600. The number of pyridine rings is 1. The predicted octanol–water partition coefficient (Wildman–Crippen LogP) is 2.27. The van der Waals surface area contributed by atoms with Gasteiger partial charge in [-0.25, -0.2) is 13.4 Å². The topological polar surface area (TPSA) is 83.4 Å². The lowest BCUT2D eigenvalue weighted by Crippen LogP contribution is -2.42. The van der Waals surface area contributed by atoms with Crippen molar-refractivity contribution >= 4 is 51.4 Å². The summed E-state index contributed by atoms with van der Waals surface area (Å²) in [6.45, 7) is 6.09. The van der Waals surface area contributed by atoms with Crippen LogP contribution in [0.15, 0.2) is 23.3 Å². The van der Waals surface area contributed by atoms with Gasteiger partial charge in [-0.05, 0) is 38.8 Å². The minimum atomic E-state index is -3.14. The van der Waals surface area contributed by atoms with E-state index < -0.39 is 14.6 Å². The van der Waals surface area contributed by atoms with Gasteiger partial charge >= 0.3 is 0 Å². The number of nitrogens with zero attached hydrogens (tertiary/aromatic N) is 2. The normalized spacial score (nSPS) is 12.5. The van der Waals surface area contributed by atoms with Gasteiger partial charge in [-0.1, -0.05) is 17.7 Å². The van der Waals surface area contributed by atoms with Gasteiger partial charge in [0.25, 0.3) is 0 Å². The molecule has 0 bridgehead atoms. The lowest BCUT2D eigenvalue weighted by molar-refractivity contribution is 0.559. The zero-order valence-corrected chi connectivity index (χ0v) is 18.4. The molecule has 0 spiro atoms. The molecule has 2 N–H and O–H groups in total. The third-order valence-electron chi connectivity index (χ3n) is 3.31. The molecule has 0 aliphatic carbocycles. The summed E-state index contributed by atoms with van der Waals surface area (Å²) in [7, 11) is -1.49. The molecule has 0 fully saturated rings. The monoisotopic (exact) mass is 488 g/mol. The van der Waals surface area contributed by atoms with E-state index in [0.717, 1.165) is 12.0 Å². The zero-order valence-electron chi connectivity index (χ0n) is 14.5. The lowest BCUT2D eigenvalue weighted by atomic mass is 10.2. The first kappa shape index (κ1) is 23.4. The number of nitrogens with one attached hydrogen (secondary N) is 2. The molecule has 1 aromatic rings. The van der Waals surface area contributed by atoms with Crippen molar-refractivity contribution in [2.24, 2.45) is 4.99 Å². The van der Waals surface area contributed by atoms with Gasteiger partial charge in [-0.15, -0.1) is 24.0 Å². The Morgan fingerprint density at radius 2 is 1.88 bits per heavy atom. The van der Waals surface area contributed by atoms with Crippen molar-refractivity contribution in [1.29, 1.82) is 0 Å². The van der Waals surface area contributed by atoms with E-state index in [-0.39, 0.29) is 29.7 Å². The van der Waals surface area contributed by atoms with E-state index in [1.807, 2.05) is 6.07 Å². The Kier molecular flexibility index (Phi) is 10.1. The molecule has 9 heteroatoms. The number of guanidine groups is 1. The SMILES string of the molecule is CN=C(NCCc1ccc(Cl)nc1)NCCS(=O)(=O)C(C)(C)C.I. The van der Waals surface area contributed by atoms with Gasteiger partial charge in [0.05, 0.1) is 10.5 Å². The molecule has 0 saturated carbocycles. The molecule has 0 atom stereocenters. The average molecular weight is 489 g/mol. The molecule has 0 aromatic carbocycles. The Balaban J connectivity index is 0.00000529. The number of halogens is 2. The second kappa shape index (κ2) is 10.4. The summed E-state index contributed by atoms with van der Waals surface area (Å²) in [5, 5.41) is 6.63. The molecule has 138 valence electrons. The summed E-state index contributed by atoms with van der Waals surface area (Å²) in [5.41, 5.74) is 1.06. The van der Waals surface area contributed by atoms with E-state index >= 15 is 0 Å². The lowest BCUT2D eigenvalue weighted by Gasteiger charge is -2.19. The quantitative estimate of drug-likeness (QED) is 0.278. The largest absolute Gasteiger partial charge is 0.356 e. The highest BCUT2D eigenvalue weighted by atomic mass is 127. The molecule has 1 aromatic heterocycles. The van der Waals surface area contributed by atoms with Gasteiger partial charge in [0.1, 0.15) is 5.15 Å². The van der Waals surface area contributed by atoms with Crippen LogP contribution in [0.1, 0.15) is 26.3 Å². The van der Waals surface area contributed by atoms with Crippen molar-refractivity contribution in [2.75, 3.05) is 25.9 Å². The Morgan fingerprint density at radius 3 is 2.38 bits per heavy atom. The number of sulfone groups is 1. The van der Waals surface area contributed by atoms with Crippen LogP contribution in [0.4, 0.5) is 0 Å². The minimum Gasteiger partial charge on any atom is -0.356 e. The fourth-order valence-electron chi connectivity index (χ4n) is 1.71. The van der Waals surface area contributed by atoms with Crippen molar-refractivity contribution in [3.63, 3.8) is 0 Å². The Labute approximate surface area is 166 Å². The van der Waals surface area contributed by atoms with Crippen molar-refractivity contribution in [2.45, 2.75) is 31.9 Å². The first-order valence-corrected chi connectivity index (χ1v) is 9.46. The summed E-state index contributed by atoms with van der Waals surface area (Å²) >= 11 is 5.74. The van der Waals surface area contributed by atoms with E-state index in [0.29, 0.717) is 24.2 Å². The predicted molar refractivity (Wildman–Crippen MR) is 111 cm³/mol. The summed E-state index contributed by atoms with van der Waals surface area (Å²) in [6, 6.07) is 3.67. The smallest absolute Gasteiger partial charge is 0.191 e. The summed E-state index contributed by atoms with van der Waals surface area (Å²) in [6.07, 6.45) is 2.50. The number of rotatable bonds is 6. The molecule has 0 radical (unpaired) electrons. The molecule has 0 aliphatic rings. The van der Waals surface area contributed by atoms with E-state index in [2.05, 4.69) is 20.6 Å². The number of aromatic nitrogens is 1. The Hall–Kier alpha value is -0.610. The highest BCUT2D eigenvalue weighted by Gasteiger charge is 2.28. The van der Waals surface area contributed by atoms with Gasteiger partial charge < -0.3 is 10.6 Å². The Bertz CT molecular complexity index is 628. The minimum absolute atomic E-state index is 0. The Morgan fingerprint density at radius 1 is 1.25 bits per heavy atom. The highest BCUT2D eigenvalue weighted by Crippen LogP contribution is 2.15. The van der Waals surface area contributed by atoms with Crippen LogP contribution in [0.2, 0.25) is 5.15 Å². The molecule has 6 nitrogen and oxygen atoms in total. The maximum Gasteiger partial charge on any atom is 0.191 e. The highest BCUT2D eigenvalue weighted by molar-refractivity contribution is 14.0. The molecule has 0 amide bonds. The maximum atomic E-state index is 12.0. The van der Waals surface area contributed by atoms with E-state index in [9.17, 15) is 8.42 Å². The molecular weight excluding hydrogens is 463 g/mol. The number of aliphatic imine (C=N–C) groups is 1. The average Bonchev–Trinajstić information content (AvgIpc) is 2.46. The fourth-order valence-corrected chi connectivity index (χ4v) is 2.81. The van der Waals surface area contributed by atoms with E-state index in [1.165, 1.54) is 0 Å². The molecule has 0 aliphatic heterocycles. The summed E-state index contributed by atoms with van der Waals surface area (Å²) in [5.74, 6) is 0.647. The third kappa shape index (κ3) is 7.98. The van der Waals surface area contributed by atoms with E-state index in [4.69, 9.17) is 11.6 Å². The van der Waals surface area contributed by atoms with Gasteiger partial charge in [0.2, 0.25) is 0 Å². The van der Waals surface area contributed by atoms with Crippen molar-refractivity contribution < 1.29 is 8.42 Å².